The van der Waals surface area contributed by atoms with Gasteiger partial charge in [-0.2, -0.15) is 0 Å². The molecule has 5 fully saturated rings. The largest absolute Gasteiger partial charge is 0.314 e. The summed E-state index contributed by atoms with van der Waals surface area (Å²) in [4.78, 5) is 0. The van der Waals surface area contributed by atoms with Crippen LogP contribution in [-0.4, -0.2) is 18.8 Å². The molecule has 0 spiro atoms. The zero-order chi connectivity index (χ0) is 21.8. The summed E-state index contributed by atoms with van der Waals surface area (Å²) in [7, 11) is -1.01. The van der Waals surface area contributed by atoms with Gasteiger partial charge in [-0.1, -0.05) is 56.7 Å². The van der Waals surface area contributed by atoms with Crippen molar-refractivity contribution in [1.29, 1.82) is 0 Å². The number of rotatable bonds is 1. The zero-order valence-electron chi connectivity index (χ0n) is 20.2. The smallest absolute Gasteiger partial charge is 0.290 e. The highest BCUT2D eigenvalue weighted by atomic mass is 31.2. The minimum atomic E-state index is -1.01. The van der Waals surface area contributed by atoms with Gasteiger partial charge in [-0.25, -0.2) is 0 Å². The van der Waals surface area contributed by atoms with Crippen LogP contribution in [0.4, 0.5) is 5.69 Å². The highest BCUT2D eigenvalue weighted by Crippen LogP contribution is 2.63. The highest BCUT2D eigenvalue weighted by molar-refractivity contribution is 7.49. The van der Waals surface area contributed by atoms with Crippen LogP contribution in [0.25, 0.3) is 0 Å². The van der Waals surface area contributed by atoms with Gasteiger partial charge in [-0.3, -0.25) is 0 Å². The van der Waals surface area contributed by atoms with Crippen LogP contribution in [-0.2, 0) is 15.5 Å². The van der Waals surface area contributed by atoms with Crippen molar-refractivity contribution in [2.45, 2.75) is 102 Å². The molecule has 4 aliphatic carbocycles. The number of fused-ring (bicyclic) bond motifs is 8. The number of anilines is 1. The average molecular weight is 468 g/mol. The molecule has 1 aromatic rings. The monoisotopic (exact) mass is 467 g/mol. The average Bonchev–Trinajstić information content (AvgIpc) is 3.05. The van der Waals surface area contributed by atoms with Crippen LogP contribution < -0.4 is 4.67 Å². The first-order valence-corrected chi connectivity index (χ1v) is 15.5. The van der Waals surface area contributed by atoms with Crippen LogP contribution in [0.15, 0.2) is 24.3 Å². The van der Waals surface area contributed by atoms with Crippen molar-refractivity contribution in [2.24, 2.45) is 35.5 Å². The summed E-state index contributed by atoms with van der Waals surface area (Å²) >= 11 is 0. The van der Waals surface area contributed by atoms with Crippen molar-refractivity contribution < 1.29 is 9.05 Å². The first kappa shape index (κ1) is 21.6. The normalized spacial score (nSPS) is 45.0. The molecule has 0 amide bonds. The lowest BCUT2D eigenvalue weighted by Gasteiger charge is -2.53. The number of nitrogens with zero attached hydrogens (tertiary/aromatic N) is 1. The Morgan fingerprint density at radius 3 is 1.94 bits per heavy atom. The molecule has 2 aliphatic heterocycles. The molecule has 3 nitrogen and oxygen atoms in total. The fourth-order valence-electron chi connectivity index (χ4n) is 9.26. The standard InChI is InChI=1S/C29H42NO2P/c1-4-12-23-20(8-1)15-17-26-28(23)29-24-13-5-2-9-21(24)16-18-27(29)32-33(31-26)30-19-7-11-22-10-3-6-14-25(22)30/h3,6,10,14,20-21,23-24,26-29H,1-2,4-5,7-9,11-13,15-19H2. The SMILES string of the molecule is c1ccc2c(c1)CCCN2P1OC2CCC3CCCCC3C2C2C(CCC3CCCCC32)O1. The lowest BCUT2D eigenvalue weighted by Crippen LogP contribution is -2.51. The van der Waals surface area contributed by atoms with Gasteiger partial charge in [-0.05, 0) is 98.5 Å². The van der Waals surface area contributed by atoms with E-state index in [0.29, 0.717) is 12.2 Å². The van der Waals surface area contributed by atoms with Gasteiger partial charge in [0.2, 0.25) is 0 Å². The second-order valence-corrected chi connectivity index (χ2v) is 13.5. The molecule has 1 aromatic carbocycles. The minimum Gasteiger partial charge on any atom is -0.314 e. The van der Waals surface area contributed by atoms with Crippen LogP contribution >= 0.6 is 8.53 Å². The summed E-state index contributed by atoms with van der Waals surface area (Å²) in [5.74, 6) is 5.25. The second kappa shape index (κ2) is 9.11. The van der Waals surface area contributed by atoms with E-state index in [1.807, 2.05) is 0 Å². The van der Waals surface area contributed by atoms with Gasteiger partial charge in [-0.15, -0.1) is 0 Å². The Morgan fingerprint density at radius 2 is 1.27 bits per heavy atom. The molecule has 0 radical (unpaired) electrons. The van der Waals surface area contributed by atoms with E-state index in [9.17, 15) is 0 Å². The predicted molar refractivity (Wildman–Crippen MR) is 135 cm³/mol. The van der Waals surface area contributed by atoms with Gasteiger partial charge in [0.1, 0.15) is 0 Å². The molecule has 4 heteroatoms. The Hall–Kier alpha value is -0.630. The highest BCUT2D eigenvalue weighted by Gasteiger charge is 2.55. The number of aryl methyl sites for hydroxylation is 1. The van der Waals surface area contributed by atoms with Crippen LogP contribution in [0.2, 0.25) is 0 Å². The van der Waals surface area contributed by atoms with E-state index in [1.54, 1.807) is 0 Å². The van der Waals surface area contributed by atoms with Gasteiger partial charge in [0.05, 0.1) is 12.2 Å². The fourth-order valence-corrected chi connectivity index (χ4v) is 11.2. The lowest BCUT2D eigenvalue weighted by molar-refractivity contribution is -0.0856. The Balaban J connectivity index is 1.25. The third-order valence-corrected chi connectivity index (χ3v) is 12.3. The van der Waals surface area contributed by atoms with E-state index < -0.39 is 8.53 Å². The first-order chi connectivity index (χ1) is 16.4. The lowest BCUT2D eigenvalue weighted by atomic mass is 9.53. The topological polar surface area (TPSA) is 21.7 Å². The van der Waals surface area contributed by atoms with E-state index in [2.05, 4.69) is 28.9 Å². The van der Waals surface area contributed by atoms with Crippen molar-refractivity contribution in [2.75, 3.05) is 11.2 Å². The first-order valence-electron chi connectivity index (χ1n) is 14.4. The van der Waals surface area contributed by atoms with Crippen LogP contribution in [0.3, 0.4) is 0 Å². The summed E-state index contributed by atoms with van der Waals surface area (Å²) in [6, 6.07) is 9.04. The van der Waals surface area contributed by atoms with E-state index >= 15 is 0 Å². The maximum absolute atomic E-state index is 7.20. The third kappa shape index (κ3) is 3.80. The van der Waals surface area contributed by atoms with Crippen LogP contribution in [0.1, 0.15) is 89.0 Å². The van der Waals surface area contributed by atoms with E-state index in [0.717, 1.165) is 42.1 Å². The van der Waals surface area contributed by atoms with E-state index in [-0.39, 0.29) is 0 Å². The molecule has 0 bridgehead atoms. The molecule has 6 aliphatic rings. The Labute approximate surface area is 202 Å². The summed E-state index contributed by atoms with van der Waals surface area (Å²) in [5.41, 5.74) is 2.88. The van der Waals surface area contributed by atoms with E-state index in [4.69, 9.17) is 9.05 Å². The molecular formula is C29H42NO2P. The molecule has 33 heavy (non-hydrogen) atoms. The fraction of sp³-hybridized carbons (Fsp3) is 0.793. The van der Waals surface area contributed by atoms with Crippen molar-refractivity contribution in [3.8, 4) is 0 Å². The van der Waals surface area contributed by atoms with Gasteiger partial charge in [0.25, 0.3) is 8.53 Å². The van der Waals surface area contributed by atoms with Crippen LogP contribution in [0, 0.1) is 35.5 Å². The Kier molecular flexibility index (Phi) is 5.97. The minimum absolute atomic E-state index is 0.431. The number of para-hydroxylation sites is 1. The molecule has 7 rings (SSSR count). The Morgan fingerprint density at radius 1 is 0.667 bits per heavy atom. The zero-order valence-corrected chi connectivity index (χ0v) is 21.1. The van der Waals surface area contributed by atoms with Crippen molar-refractivity contribution >= 4 is 14.2 Å². The summed E-state index contributed by atoms with van der Waals surface area (Å²) in [5, 5.41) is 0. The van der Waals surface area contributed by atoms with E-state index in [1.165, 1.54) is 101 Å². The molecule has 8 atom stereocenters. The molecule has 180 valence electrons. The number of benzene rings is 1. The van der Waals surface area contributed by atoms with Crippen molar-refractivity contribution in [3.05, 3.63) is 29.8 Å². The molecular weight excluding hydrogens is 425 g/mol. The maximum Gasteiger partial charge on any atom is 0.290 e. The van der Waals surface area contributed by atoms with Gasteiger partial charge in [0.15, 0.2) is 0 Å². The molecule has 0 aromatic heterocycles. The summed E-state index contributed by atoms with van der Waals surface area (Å²) in [6.45, 7) is 1.09. The van der Waals surface area contributed by atoms with Crippen molar-refractivity contribution in [3.63, 3.8) is 0 Å². The molecule has 2 heterocycles. The van der Waals surface area contributed by atoms with Crippen LogP contribution in [0.5, 0.6) is 0 Å². The predicted octanol–water partition coefficient (Wildman–Crippen LogP) is 7.88. The maximum atomic E-state index is 7.20. The van der Waals surface area contributed by atoms with Gasteiger partial charge < -0.3 is 13.7 Å². The Bertz CT molecular complexity index is 807. The number of hydrogen-bond donors (Lipinski definition) is 0. The van der Waals surface area contributed by atoms with Gasteiger partial charge in [0, 0.05) is 12.2 Å². The molecule has 4 saturated carbocycles. The molecule has 8 unspecified atom stereocenters. The molecule has 0 N–H and O–H groups in total. The summed E-state index contributed by atoms with van der Waals surface area (Å²) < 4.78 is 17.0. The van der Waals surface area contributed by atoms with Crippen molar-refractivity contribution in [1.82, 2.24) is 0 Å². The number of hydrogen-bond acceptors (Lipinski definition) is 3. The summed E-state index contributed by atoms with van der Waals surface area (Å²) in [6.07, 6.45) is 20.4. The molecule has 1 saturated heterocycles. The van der Waals surface area contributed by atoms with Gasteiger partial charge >= 0.3 is 0 Å². The third-order valence-electron chi connectivity index (χ3n) is 10.6. The second-order valence-electron chi connectivity index (χ2n) is 12.1. The quantitative estimate of drug-likeness (QED) is 0.392.